The molecule has 3 heterocycles. The predicted octanol–water partition coefficient (Wildman–Crippen LogP) is 4.73. The van der Waals surface area contributed by atoms with Gasteiger partial charge in [-0.2, -0.15) is 0 Å². The third-order valence-electron chi connectivity index (χ3n) is 4.95. The van der Waals surface area contributed by atoms with E-state index in [0.29, 0.717) is 5.65 Å². The number of aryl methyl sites for hydroxylation is 1. The van der Waals surface area contributed by atoms with Crippen LogP contribution in [-0.4, -0.2) is 19.4 Å². The lowest BCUT2D eigenvalue weighted by atomic mass is 10.0. The first-order chi connectivity index (χ1) is 14.2. The summed E-state index contributed by atoms with van der Waals surface area (Å²) in [6.07, 6.45) is 3.57. The molecular weight excluding hydrogens is 360 g/mol. The highest BCUT2D eigenvalue weighted by atomic mass is 16.1. The molecular formula is C24H18N4O. The van der Waals surface area contributed by atoms with E-state index >= 15 is 0 Å². The van der Waals surface area contributed by atoms with Crippen molar-refractivity contribution < 1.29 is 0 Å². The second kappa shape index (κ2) is 6.87. The van der Waals surface area contributed by atoms with E-state index in [0.717, 1.165) is 39.3 Å². The smallest absolute Gasteiger partial charge is 0.306 e. The number of aromatic nitrogens is 4. The van der Waals surface area contributed by atoms with Gasteiger partial charge in [-0.15, -0.1) is 0 Å². The Morgan fingerprint density at radius 2 is 1.55 bits per heavy atom. The van der Waals surface area contributed by atoms with Gasteiger partial charge in [-0.05, 0) is 30.2 Å². The van der Waals surface area contributed by atoms with Crippen LogP contribution in [0.1, 0.15) is 5.69 Å². The zero-order valence-electron chi connectivity index (χ0n) is 15.8. The van der Waals surface area contributed by atoms with Gasteiger partial charge in [-0.1, -0.05) is 60.7 Å². The van der Waals surface area contributed by atoms with Crippen LogP contribution in [0.3, 0.4) is 0 Å². The number of imidazole rings is 1. The number of H-pyrrole nitrogens is 1. The van der Waals surface area contributed by atoms with Gasteiger partial charge in [0.2, 0.25) is 0 Å². The first-order valence-electron chi connectivity index (χ1n) is 9.40. The third kappa shape index (κ3) is 3.02. The Labute approximate surface area is 167 Å². The topological polar surface area (TPSA) is 63.0 Å². The summed E-state index contributed by atoms with van der Waals surface area (Å²) >= 11 is 0. The first-order valence-corrected chi connectivity index (χ1v) is 9.40. The molecule has 0 unspecified atom stereocenters. The van der Waals surface area contributed by atoms with Gasteiger partial charge >= 0.3 is 5.69 Å². The van der Waals surface area contributed by atoms with Gasteiger partial charge in [0.25, 0.3) is 0 Å². The van der Waals surface area contributed by atoms with Crippen LogP contribution < -0.4 is 5.69 Å². The Morgan fingerprint density at radius 1 is 0.862 bits per heavy atom. The average Bonchev–Trinajstić information content (AvgIpc) is 3.21. The normalized spacial score (nSPS) is 11.1. The highest BCUT2D eigenvalue weighted by Crippen LogP contribution is 2.33. The molecule has 0 amide bonds. The average molecular weight is 378 g/mol. The van der Waals surface area contributed by atoms with Crippen molar-refractivity contribution in [1.82, 2.24) is 19.4 Å². The number of pyridine rings is 1. The Morgan fingerprint density at radius 3 is 2.24 bits per heavy atom. The minimum atomic E-state index is -0.219. The molecule has 2 aromatic carbocycles. The van der Waals surface area contributed by atoms with Crippen LogP contribution in [0.15, 0.2) is 90.0 Å². The summed E-state index contributed by atoms with van der Waals surface area (Å²) < 4.78 is 1.58. The van der Waals surface area contributed by atoms with Crippen molar-refractivity contribution >= 4 is 5.65 Å². The van der Waals surface area contributed by atoms with E-state index in [1.54, 1.807) is 16.8 Å². The molecule has 0 bridgehead atoms. The summed E-state index contributed by atoms with van der Waals surface area (Å²) in [5, 5.41) is 0. The summed E-state index contributed by atoms with van der Waals surface area (Å²) in [5.74, 6) is 0. The van der Waals surface area contributed by atoms with Crippen molar-refractivity contribution in [3.63, 3.8) is 0 Å². The maximum Gasteiger partial charge on any atom is 0.331 e. The van der Waals surface area contributed by atoms with E-state index in [1.165, 1.54) is 0 Å². The molecule has 0 saturated carbocycles. The fourth-order valence-electron chi connectivity index (χ4n) is 3.60. The van der Waals surface area contributed by atoms with Crippen LogP contribution in [0.4, 0.5) is 0 Å². The first kappa shape index (κ1) is 17.1. The van der Waals surface area contributed by atoms with E-state index in [9.17, 15) is 4.79 Å². The van der Waals surface area contributed by atoms with E-state index in [2.05, 4.69) is 9.97 Å². The van der Waals surface area contributed by atoms with Gasteiger partial charge in [-0.3, -0.25) is 9.38 Å². The van der Waals surface area contributed by atoms with E-state index in [1.807, 2.05) is 79.7 Å². The van der Waals surface area contributed by atoms with Crippen molar-refractivity contribution in [2.24, 2.45) is 0 Å². The SMILES string of the molecule is Cc1cc(-c2c(-c3ccccc3)[nH]c(=O)n3cc(-c4ccccc4)nc23)ccn1. The van der Waals surface area contributed by atoms with Crippen LogP contribution in [0.25, 0.3) is 39.3 Å². The molecule has 0 fully saturated rings. The van der Waals surface area contributed by atoms with Gasteiger partial charge in [0.15, 0.2) is 5.65 Å². The van der Waals surface area contributed by atoms with Crippen LogP contribution in [0.5, 0.6) is 0 Å². The molecule has 0 saturated heterocycles. The number of fused-ring (bicyclic) bond motifs is 1. The second-order valence-electron chi connectivity index (χ2n) is 6.92. The van der Waals surface area contributed by atoms with Crippen LogP contribution in [-0.2, 0) is 0 Å². The maximum absolute atomic E-state index is 12.9. The highest BCUT2D eigenvalue weighted by Gasteiger charge is 2.18. The van der Waals surface area contributed by atoms with Crippen molar-refractivity contribution in [2.45, 2.75) is 6.92 Å². The van der Waals surface area contributed by atoms with E-state index in [-0.39, 0.29) is 5.69 Å². The minimum absolute atomic E-state index is 0.219. The molecule has 0 atom stereocenters. The van der Waals surface area contributed by atoms with Crippen molar-refractivity contribution in [1.29, 1.82) is 0 Å². The molecule has 0 aliphatic carbocycles. The number of aromatic amines is 1. The number of hydrogen-bond donors (Lipinski definition) is 1. The molecule has 5 aromatic rings. The number of benzene rings is 2. The maximum atomic E-state index is 12.9. The fraction of sp³-hybridized carbons (Fsp3) is 0.0417. The zero-order valence-corrected chi connectivity index (χ0v) is 15.8. The van der Waals surface area contributed by atoms with Crippen molar-refractivity contribution in [3.8, 4) is 33.6 Å². The van der Waals surface area contributed by atoms with Gasteiger partial charge in [-0.25, -0.2) is 9.78 Å². The molecule has 29 heavy (non-hydrogen) atoms. The van der Waals surface area contributed by atoms with Crippen molar-refractivity contribution in [3.05, 3.63) is 101 Å². The summed E-state index contributed by atoms with van der Waals surface area (Å²) in [4.78, 5) is 25.2. The zero-order chi connectivity index (χ0) is 19.8. The standard InChI is InChI=1S/C24H18N4O/c1-16-14-19(12-13-25-16)21-22(18-10-6-3-7-11-18)27-24(29)28-15-20(26-23(21)28)17-8-4-2-5-9-17/h2-15H,1H3,(H,27,29). The second-order valence-corrected chi connectivity index (χ2v) is 6.92. The van der Waals surface area contributed by atoms with Crippen LogP contribution in [0.2, 0.25) is 0 Å². The van der Waals surface area contributed by atoms with Gasteiger partial charge in [0.1, 0.15) is 0 Å². The predicted molar refractivity (Wildman–Crippen MR) is 115 cm³/mol. The van der Waals surface area contributed by atoms with E-state index in [4.69, 9.17) is 4.98 Å². The minimum Gasteiger partial charge on any atom is -0.306 e. The lowest BCUT2D eigenvalue weighted by Gasteiger charge is -2.12. The lowest BCUT2D eigenvalue weighted by molar-refractivity contribution is 1.01. The largest absolute Gasteiger partial charge is 0.331 e. The molecule has 1 N–H and O–H groups in total. The lowest BCUT2D eigenvalue weighted by Crippen LogP contribution is -2.17. The Hall–Kier alpha value is -3.99. The number of nitrogens with zero attached hydrogens (tertiary/aromatic N) is 3. The third-order valence-corrected chi connectivity index (χ3v) is 4.95. The van der Waals surface area contributed by atoms with Crippen LogP contribution >= 0.6 is 0 Å². The molecule has 5 nitrogen and oxygen atoms in total. The summed E-state index contributed by atoms with van der Waals surface area (Å²) in [6.45, 7) is 1.95. The monoisotopic (exact) mass is 378 g/mol. The van der Waals surface area contributed by atoms with Gasteiger partial charge in [0, 0.05) is 29.2 Å². The molecule has 0 spiro atoms. The van der Waals surface area contributed by atoms with E-state index < -0.39 is 0 Å². The summed E-state index contributed by atoms with van der Waals surface area (Å²) in [5.41, 5.74) is 6.55. The molecule has 5 rings (SSSR count). The molecule has 0 aliphatic rings. The molecule has 0 radical (unpaired) electrons. The quantitative estimate of drug-likeness (QED) is 0.494. The fourth-order valence-corrected chi connectivity index (χ4v) is 3.60. The Bertz CT molecular complexity index is 1370. The molecule has 5 heteroatoms. The Balaban J connectivity index is 1.88. The summed E-state index contributed by atoms with van der Waals surface area (Å²) in [7, 11) is 0. The number of nitrogens with one attached hydrogen (secondary N) is 1. The highest BCUT2D eigenvalue weighted by molar-refractivity contribution is 5.90. The van der Waals surface area contributed by atoms with Crippen molar-refractivity contribution in [2.75, 3.05) is 0 Å². The molecule has 3 aromatic heterocycles. The van der Waals surface area contributed by atoms with Crippen LogP contribution in [0, 0.1) is 6.92 Å². The summed E-state index contributed by atoms with van der Waals surface area (Å²) in [6, 6.07) is 23.7. The number of rotatable bonds is 3. The molecule has 0 aliphatic heterocycles. The van der Waals surface area contributed by atoms with Gasteiger partial charge < -0.3 is 4.98 Å². The van der Waals surface area contributed by atoms with Gasteiger partial charge in [0.05, 0.1) is 11.4 Å². The number of hydrogen-bond acceptors (Lipinski definition) is 3. The molecule has 140 valence electrons. The Kier molecular flexibility index (Phi) is 4.06.